The van der Waals surface area contributed by atoms with Gasteiger partial charge in [0.25, 0.3) is 0 Å². The highest BCUT2D eigenvalue weighted by Crippen LogP contribution is 2.23. The molecular formula is C44H81NO2. The van der Waals surface area contributed by atoms with Crippen LogP contribution in [0.15, 0.2) is 23.2 Å². The number of hydrogen-bond acceptors (Lipinski definition) is 3. The summed E-state index contributed by atoms with van der Waals surface area (Å²) in [4.78, 5) is 4.56. The lowest BCUT2D eigenvalue weighted by atomic mass is 10.0. The quantitative estimate of drug-likeness (QED) is 0.0572. The molecule has 0 saturated heterocycles. The number of aromatic hydroxyl groups is 1. The predicted molar refractivity (Wildman–Crippen MR) is 210 cm³/mol. The molecule has 0 spiro atoms. The van der Waals surface area contributed by atoms with Gasteiger partial charge in [-0.15, -0.1) is 0 Å². The van der Waals surface area contributed by atoms with Gasteiger partial charge >= 0.3 is 0 Å². The molecule has 0 saturated carbocycles. The number of benzene rings is 1. The van der Waals surface area contributed by atoms with Crippen molar-refractivity contribution in [2.75, 3.05) is 13.2 Å². The molecule has 0 atom stereocenters. The molecule has 0 fully saturated rings. The second kappa shape index (κ2) is 35.8. The molecule has 1 aromatic carbocycles. The molecule has 0 unspecified atom stereocenters. The third-order valence-corrected chi connectivity index (χ3v) is 9.89. The Kier molecular flexibility index (Phi) is 33.1. The summed E-state index contributed by atoms with van der Waals surface area (Å²) in [7, 11) is 0. The molecule has 0 aromatic heterocycles. The van der Waals surface area contributed by atoms with Gasteiger partial charge in [0.2, 0.25) is 0 Å². The summed E-state index contributed by atoms with van der Waals surface area (Å²) < 4.78 is 5.90. The van der Waals surface area contributed by atoms with Crippen LogP contribution in [-0.2, 0) is 0 Å². The van der Waals surface area contributed by atoms with Gasteiger partial charge in [-0.2, -0.15) is 0 Å². The van der Waals surface area contributed by atoms with Crippen LogP contribution in [0.4, 0.5) is 0 Å². The van der Waals surface area contributed by atoms with E-state index in [1.807, 2.05) is 18.3 Å². The summed E-state index contributed by atoms with van der Waals surface area (Å²) >= 11 is 0. The number of phenolic OH excluding ortho intramolecular Hbond substituents is 1. The molecule has 1 N–H and O–H groups in total. The smallest absolute Gasteiger partial charge is 0.128 e. The van der Waals surface area contributed by atoms with Crippen LogP contribution in [0.25, 0.3) is 0 Å². The minimum atomic E-state index is 0.264. The maximum atomic E-state index is 10.4. The first-order valence-electron chi connectivity index (χ1n) is 21.2. The third kappa shape index (κ3) is 30.3. The second-order valence-electron chi connectivity index (χ2n) is 14.6. The molecule has 0 amide bonds. The van der Waals surface area contributed by atoms with E-state index < -0.39 is 0 Å². The van der Waals surface area contributed by atoms with Crippen molar-refractivity contribution in [2.24, 2.45) is 4.99 Å². The number of hydrogen-bond donors (Lipinski definition) is 1. The van der Waals surface area contributed by atoms with Crippen LogP contribution in [0.5, 0.6) is 11.5 Å². The van der Waals surface area contributed by atoms with Crippen molar-refractivity contribution < 1.29 is 9.84 Å². The van der Waals surface area contributed by atoms with E-state index in [1.165, 1.54) is 199 Å². The summed E-state index contributed by atoms with van der Waals surface area (Å²) in [6.45, 7) is 6.16. The van der Waals surface area contributed by atoms with E-state index >= 15 is 0 Å². The van der Waals surface area contributed by atoms with Gasteiger partial charge in [-0.3, -0.25) is 4.99 Å². The Morgan fingerprint density at radius 3 is 1.17 bits per heavy atom. The van der Waals surface area contributed by atoms with Crippen LogP contribution >= 0.6 is 0 Å². The summed E-state index contributed by atoms with van der Waals surface area (Å²) in [5.74, 6) is 1.02. The standard InChI is InChI=1S/C44H81NO2/c1-3-5-7-9-11-13-15-17-19-21-23-25-27-29-31-33-35-39-47-43-37-36-42(44(46)40-43)41-45-38-34-32-30-28-26-24-22-20-18-16-14-12-10-8-6-4-2/h36-37,40-41,46H,3-35,38-39H2,1-2H3. The van der Waals surface area contributed by atoms with Crippen molar-refractivity contribution in [3.05, 3.63) is 23.8 Å². The molecule has 0 aliphatic rings. The van der Waals surface area contributed by atoms with Gasteiger partial charge in [-0.05, 0) is 25.0 Å². The first-order chi connectivity index (χ1) is 23.3. The highest BCUT2D eigenvalue weighted by Gasteiger charge is 2.02. The van der Waals surface area contributed by atoms with Crippen LogP contribution in [0.2, 0.25) is 0 Å². The van der Waals surface area contributed by atoms with Gasteiger partial charge < -0.3 is 9.84 Å². The Bertz CT molecular complexity index is 791. The van der Waals surface area contributed by atoms with Gasteiger partial charge in [-0.25, -0.2) is 0 Å². The molecule has 47 heavy (non-hydrogen) atoms. The molecule has 1 aromatic rings. The molecule has 0 radical (unpaired) electrons. The Morgan fingerprint density at radius 2 is 0.809 bits per heavy atom. The highest BCUT2D eigenvalue weighted by atomic mass is 16.5. The summed E-state index contributed by atoms with van der Waals surface area (Å²) in [5.41, 5.74) is 0.784. The number of nitrogens with zero attached hydrogens (tertiary/aromatic N) is 1. The van der Waals surface area contributed by atoms with Gasteiger partial charge in [0.05, 0.1) is 6.61 Å². The summed E-state index contributed by atoms with van der Waals surface area (Å²) in [6.07, 6.45) is 47.5. The summed E-state index contributed by atoms with van der Waals surface area (Å²) in [5, 5.41) is 10.4. The number of ether oxygens (including phenoxy) is 1. The average Bonchev–Trinajstić information content (AvgIpc) is 3.08. The predicted octanol–water partition coefficient (Wildman–Crippen LogP) is 15.1. The zero-order valence-electron chi connectivity index (χ0n) is 31.9. The van der Waals surface area contributed by atoms with Crippen LogP contribution in [-0.4, -0.2) is 24.5 Å². The van der Waals surface area contributed by atoms with Crippen molar-refractivity contribution in [1.82, 2.24) is 0 Å². The first-order valence-corrected chi connectivity index (χ1v) is 21.2. The average molecular weight is 656 g/mol. The molecule has 3 heteroatoms. The SMILES string of the molecule is CCCCCCCCCCCCCCCCCCCOc1ccc(C=NCCCCCCCCCCCCCCCCCC)c(O)c1. The molecule has 0 bridgehead atoms. The largest absolute Gasteiger partial charge is 0.507 e. The lowest BCUT2D eigenvalue weighted by Crippen LogP contribution is -1.97. The monoisotopic (exact) mass is 656 g/mol. The fraction of sp³-hybridized carbons (Fsp3) is 0.841. The maximum Gasteiger partial charge on any atom is 0.128 e. The van der Waals surface area contributed by atoms with Crippen molar-refractivity contribution in [2.45, 2.75) is 226 Å². The molecule has 3 nitrogen and oxygen atoms in total. The molecule has 274 valence electrons. The van der Waals surface area contributed by atoms with Gasteiger partial charge in [-0.1, -0.05) is 213 Å². The number of unbranched alkanes of at least 4 members (excludes halogenated alkanes) is 31. The Morgan fingerprint density at radius 1 is 0.468 bits per heavy atom. The normalized spacial score (nSPS) is 11.6. The second-order valence-corrected chi connectivity index (χ2v) is 14.6. The van der Waals surface area contributed by atoms with Crippen LogP contribution in [0, 0.1) is 0 Å². The number of aliphatic imine (C=N–C) groups is 1. The van der Waals surface area contributed by atoms with E-state index in [1.54, 1.807) is 6.07 Å². The molecule has 0 heterocycles. The van der Waals surface area contributed by atoms with Gasteiger partial charge in [0, 0.05) is 24.4 Å². The minimum absolute atomic E-state index is 0.264. The van der Waals surface area contributed by atoms with Crippen LogP contribution in [0.1, 0.15) is 231 Å². The Balaban J connectivity index is 1.88. The lowest BCUT2D eigenvalue weighted by molar-refractivity contribution is 0.302. The van der Waals surface area contributed by atoms with Crippen molar-refractivity contribution in [3.8, 4) is 11.5 Å². The minimum Gasteiger partial charge on any atom is -0.507 e. The Hall–Kier alpha value is -1.51. The summed E-state index contributed by atoms with van der Waals surface area (Å²) in [6, 6.07) is 5.63. The topological polar surface area (TPSA) is 41.8 Å². The van der Waals surface area contributed by atoms with E-state index in [-0.39, 0.29) is 5.75 Å². The Labute approximate surface area is 294 Å². The molecule has 1 rings (SSSR count). The van der Waals surface area contributed by atoms with E-state index in [4.69, 9.17) is 4.74 Å². The van der Waals surface area contributed by atoms with E-state index in [9.17, 15) is 5.11 Å². The van der Waals surface area contributed by atoms with Crippen molar-refractivity contribution >= 4 is 6.21 Å². The van der Waals surface area contributed by atoms with Crippen molar-refractivity contribution in [1.29, 1.82) is 0 Å². The zero-order chi connectivity index (χ0) is 33.7. The first kappa shape index (κ1) is 43.5. The fourth-order valence-electron chi connectivity index (χ4n) is 6.65. The van der Waals surface area contributed by atoms with E-state index in [2.05, 4.69) is 18.8 Å². The molecule has 0 aliphatic heterocycles. The molecular weight excluding hydrogens is 574 g/mol. The fourth-order valence-corrected chi connectivity index (χ4v) is 6.65. The lowest BCUT2D eigenvalue weighted by Gasteiger charge is -2.08. The molecule has 0 aliphatic carbocycles. The number of phenols is 1. The van der Waals surface area contributed by atoms with Crippen LogP contribution in [0.3, 0.4) is 0 Å². The highest BCUT2D eigenvalue weighted by molar-refractivity contribution is 5.83. The maximum absolute atomic E-state index is 10.4. The van der Waals surface area contributed by atoms with E-state index in [0.29, 0.717) is 0 Å². The van der Waals surface area contributed by atoms with Crippen molar-refractivity contribution in [3.63, 3.8) is 0 Å². The number of rotatable bonds is 37. The van der Waals surface area contributed by atoms with Gasteiger partial charge in [0.15, 0.2) is 0 Å². The van der Waals surface area contributed by atoms with Crippen LogP contribution < -0.4 is 4.74 Å². The van der Waals surface area contributed by atoms with Gasteiger partial charge in [0.1, 0.15) is 11.5 Å². The third-order valence-electron chi connectivity index (χ3n) is 9.89. The zero-order valence-corrected chi connectivity index (χ0v) is 31.9. The van der Waals surface area contributed by atoms with E-state index in [0.717, 1.165) is 37.3 Å².